The summed E-state index contributed by atoms with van der Waals surface area (Å²) < 4.78 is 5.94. The van der Waals surface area contributed by atoms with E-state index >= 15 is 0 Å². The van der Waals surface area contributed by atoms with Crippen molar-refractivity contribution in [1.29, 1.82) is 0 Å². The van der Waals surface area contributed by atoms with Crippen LogP contribution in [0.3, 0.4) is 0 Å². The van der Waals surface area contributed by atoms with Gasteiger partial charge in [-0.05, 0) is 41.6 Å². The zero-order valence-corrected chi connectivity index (χ0v) is 13.8. The Kier molecular flexibility index (Phi) is 5.52. The van der Waals surface area contributed by atoms with Crippen molar-refractivity contribution in [2.45, 2.75) is 13.5 Å². The molecule has 0 radical (unpaired) electrons. The summed E-state index contributed by atoms with van der Waals surface area (Å²) in [6, 6.07) is 9.48. The summed E-state index contributed by atoms with van der Waals surface area (Å²) in [6.45, 7) is 1.96. The quantitative estimate of drug-likeness (QED) is 0.824. The molecule has 110 valence electrons. The molecule has 21 heavy (non-hydrogen) atoms. The third kappa shape index (κ3) is 4.68. The Labute approximate surface area is 135 Å². The lowest BCUT2D eigenvalue weighted by atomic mass is 10.2. The molecule has 1 aromatic heterocycles. The number of nitrogens with one attached hydrogen (secondary N) is 1. The Bertz CT molecular complexity index is 654. The molecule has 0 atom stereocenters. The third-order valence-electron chi connectivity index (χ3n) is 2.76. The van der Waals surface area contributed by atoms with Crippen molar-refractivity contribution in [1.82, 2.24) is 5.32 Å². The van der Waals surface area contributed by atoms with Crippen LogP contribution in [0.4, 0.5) is 0 Å². The van der Waals surface area contributed by atoms with Crippen molar-refractivity contribution in [2.24, 2.45) is 0 Å². The third-order valence-corrected chi connectivity index (χ3v) is 4.25. The van der Waals surface area contributed by atoms with Gasteiger partial charge in [0.25, 0.3) is 5.91 Å². The number of rotatable bonds is 5. The molecule has 0 aliphatic carbocycles. The molecule has 2 aromatic rings. The normalized spacial score (nSPS) is 10.2. The SMILES string of the molecule is Cc1ccsc1C(=O)OCC(=O)NCc1cccc(Br)c1. The first-order valence-corrected chi connectivity index (χ1v) is 7.96. The number of thiophene rings is 1. The van der Waals surface area contributed by atoms with Crippen LogP contribution >= 0.6 is 27.3 Å². The molecule has 1 N–H and O–H groups in total. The van der Waals surface area contributed by atoms with E-state index in [0.29, 0.717) is 11.4 Å². The lowest BCUT2D eigenvalue weighted by Gasteiger charge is -2.07. The maximum atomic E-state index is 11.8. The van der Waals surface area contributed by atoms with Crippen molar-refractivity contribution in [3.05, 3.63) is 56.2 Å². The molecule has 0 bridgehead atoms. The highest BCUT2D eigenvalue weighted by Gasteiger charge is 2.13. The molecule has 1 aromatic carbocycles. The maximum Gasteiger partial charge on any atom is 0.349 e. The molecule has 1 amide bonds. The minimum Gasteiger partial charge on any atom is -0.451 e. The highest BCUT2D eigenvalue weighted by Crippen LogP contribution is 2.16. The first-order valence-electron chi connectivity index (χ1n) is 6.28. The average molecular weight is 368 g/mol. The molecule has 4 nitrogen and oxygen atoms in total. The van der Waals surface area contributed by atoms with Gasteiger partial charge in [0.05, 0.1) is 0 Å². The summed E-state index contributed by atoms with van der Waals surface area (Å²) in [5.41, 5.74) is 1.83. The van der Waals surface area contributed by atoms with Gasteiger partial charge in [-0.3, -0.25) is 4.79 Å². The van der Waals surface area contributed by atoms with Crippen molar-refractivity contribution < 1.29 is 14.3 Å². The Morgan fingerprint density at radius 3 is 2.81 bits per heavy atom. The molecule has 0 spiro atoms. The van der Waals surface area contributed by atoms with E-state index in [-0.39, 0.29) is 12.5 Å². The van der Waals surface area contributed by atoms with E-state index in [1.54, 1.807) is 0 Å². The minimum absolute atomic E-state index is 0.274. The van der Waals surface area contributed by atoms with Crippen molar-refractivity contribution in [2.75, 3.05) is 6.61 Å². The maximum absolute atomic E-state index is 11.8. The predicted octanol–water partition coefficient (Wildman–Crippen LogP) is 3.29. The summed E-state index contributed by atoms with van der Waals surface area (Å²) in [6.07, 6.45) is 0. The largest absolute Gasteiger partial charge is 0.451 e. The van der Waals surface area contributed by atoms with Gasteiger partial charge in [-0.25, -0.2) is 4.79 Å². The fourth-order valence-electron chi connectivity index (χ4n) is 1.68. The number of carbonyl (C=O) groups excluding carboxylic acids is 2. The van der Waals surface area contributed by atoms with E-state index in [1.165, 1.54) is 11.3 Å². The highest BCUT2D eigenvalue weighted by atomic mass is 79.9. The highest BCUT2D eigenvalue weighted by molar-refractivity contribution is 9.10. The van der Waals surface area contributed by atoms with Crippen LogP contribution in [0.25, 0.3) is 0 Å². The Morgan fingerprint density at radius 2 is 2.14 bits per heavy atom. The van der Waals surface area contributed by atoms with Gasteiger partial charge in [-0.2, -0.15) is 0 Å². The fraction of sp³-hybridized carbons (Fsp3) is 0.200. The van der Waals surface area contributed by atoms with Gasteiger partial charge in [0.2, 0.25) is 0 Å². The number of esters is 1. The molecular formula is C15H14BrNO3S. The van der Waals surface area contributed by atoms with Crippen molar-refractivity contribution in [3.8, 4) is 0 Å². The van der Waals surface area contributed by atoms with Gasteiger partial charge >= 0.3 is 5.97 Å². The smallest absolute Gasteiger partial charge is 0.349 e. The van der Waals surface area contributed by atoms with E-state index in [9.17, 15) is 9.59 Å². The molecule has 0 saturated carbocycles. The minimum atomic E-state index is -0.458. The van der Waals surface area contributed by atoms with Crippen LogP contribution in [-0.4, -0.2) is 18.5 Å². The second-order valence-electron chi connectivity index (χ2n) is 4.42. The monoisotopic (exact) mass is 367 g/mol. The van der Waals surface area contributed by atoms with Crippen LogP contribution in [0.15, 0.2) is 40.2 Å². The molecule has 0 aliphatic heterocycles. The molecule has 0 aliphatic rings. The number of halogens is 1. The summed E-state index contributed by atoms with van der Waals surface area (Å²) in [4.78, 5) is 24.0. The molecule has 0 saturated heterocycles. The van der Waals surface area contributed by atoms with E-state index in [1.807, 2.05) is 42.6 Å². The van der Waals surface area contributed by atoms with E-state index in [2.05, 4.69) is 21.2 Å². The van der Waals surface area contributed by atoms with Gasteiger partial charge in [0.1, 0.15) is 4.88 Å². The molecule has 0 unspecified atom stereocenters. The van der Waals surface area contributed by atoms with Crippen molar-refractivity contribution >= 4 is 39.1 Å². The molecule has 0 fully saturated rings. The van der Waals surface area contributed by atoms with E-state index < -0.39 is 5.97 Å². The topological polar surface area (TPSA) is 55.4 Å². The zero-order valence-electron chi connectivity index (χ0n) is 11.4. The fourth-order valence-corrected chi connectivity index (χ4v) is 2.94. The summed E-state index contributed by atoms with van der Waals surface area (Å²) >= 11 is 4.68. The standard InChI is InChI=1S/C15H14BrNO3S/c1-10-5-6-21-14(10)15(19)20-9-13(18)17-8-11-3-2-4-12(16)7-11/h2-7H,8-9H2,1H3,(H,17,18). The molecule has 2 rings (SSSR count). The Morgan fingerprint density at radius 1 is 1.33 bits per heavy atom. The summed E-state index contributed by atoms with van der Waals surface area (Å²) in [7, 11) is 0. The van der Waals surface area contributed by atoms with Gasteiger partial charge in [0.15, 0.2) is 6.61 Å². The number of hydrogen-bond donors (Lipinski definition) is 1. The summed E-state index contributed by atoms with van der Waals surface area (Å²) in [5, 5.41) is 4.53. The van der Waals surface area contributed by atoms with Gasteiger partial charge in [0, 0.05) is 11.0 Å². The van der Waals surface area contributed by atoms with E-state index in [0.717, 1.165) is 15.6 Å². The first-order chi connectivity index (χ1) is 10.1. The average Bonchev–Trinajstić information content (AvgIpc) is 2.89. The van der Waals surface area contributed by atoms with Gasteiger partial charge in [-0.1, -0.05) is 28.1 Å². The summed E-state index contributed by atoms with van der Waals surface area (Å²) in [5.74, 6) is -0.780. The molecular weight excluding hydrogens is 354 g/mol. The second-order valence-corrected chi connectivity index (χ2v) is 6.25. The van der Waals surface area contributed by atoms with Gasteiger partial charge in [-0.15, -0.1) is 11.3 Å². The Hall–Kier alpha value is -1.66. The lowest BCUT2D eigenvalue weighted by molar-refractivity contribution is -0.124. The number of carbonyl (C=O) groups is 2. The Balaban J connectivity index is 1.78. The predicted molar refractivity (Wildman–Crippen MR) is 85.3 cm³/mol. The van der Waals surface area contributed by atoms with Crippen LogP contribution < -0.4 is 5.32 Å². The van der Waals surface area contributed by atoms with Crippen LogP contribution in [0, 0.1) is 6.92 Å². The van der Waals surface area contributed by atoms with Crippen LogP contribution in [0.5, 0.6) is 0 Å². The van der Waals surface area contributed by atoms with Crippen molar-refractivity contribution in [3.63, 3.8) is 0 Å². The number of ether oxygens (including phenoxy) is 1. The first kappa shape index (κ1) is 15.7. The number of amides is 1. The van der Waals surface area contributed by atoms with Crippen LogP contribution in [-0.2, 0) is 16.1 Å². The zero-order chi connectivity index (χ0) is 15.2. The lowest BCUT2D eigenvalue weighted by Crippen LogP contribution is -2.28. The molecule has 1 heterocycles. The number of hydrogen-bond acceptors (Lipinski definition) is 4. The van der Waals surface area contributed by atoms with Crippen LogP contribution in [0.2, 0.25) is 0 Å². The van der Waals surface area contributed by atoms with E-state index in [4.69, 9.17) is 4.74 Å². The van der Waals surface area contributed by atoms with Crippen LogP contribution in [0.1, 0.15) is 20.8 Å². The number of aryl methyl sites for hydroxylation is 1. The van der Waals surface area contributed by atoms with Gasteiger partial charge < -0.3 is 10.1 Å². The number of benzene rings is 1. The second kappa shape index (κ2) is 7.38. The molecule has 6 heteroatoms.